The number of nitrogens with zero attached hydrogens (tertiary/aromatic N) is 4. The van der Waals surface area contributed by atoms with Crippen LogP contribution in [0.5, 0.6) is 5.75 Å². The number of rotatable bonds is 9. The Balaban J connectivity index is 1.21. The maximum Gasteiger partial charge on any atom is 0.410 e. The Bertz CT molecular complexity index is 1820. The average Bonchev–Trinajstić information content (AvgIpc) is 3.72. The van der Waals surface area contributed by atoms with E-state index in [-0.39, 0.29) is 18.2 Å². The molecule has 2 aromatic carbocycles. The van der Waals surface area contributed by atoms with Gasteiger partial charge in [0, 0.05) is 24.2 Å². The van der Waals surface area contributed by atoms with Gasteiger partial charge in [-0.1, -0.05) is 44.2 Å². The van der Waals surface area contributed by atoms with Crippen molar-refractivity contribution in [2.45, 2.75) is 97.7 Å². The van der Waals surface area contributed by atoms with Crippen LogP contribution in [-0.4, -0.2) is 57.0 Å². The molecule has 1 saturated heterocycles. The standard InChI is InChI=1S/C40H48N4O5/c1-7-26-24-29(17-18-30(26)27-20-22-43(23-21-27)39(46)49-40(4,5)6)48-35-19-16-28-12-10-13-31(37(28)35)33-14-11-15-36(42-33)44-34(8-2)32(25-41-44)38(45)47-9-3/h10-15,17-18,24-25,27,35H,7-9,16,19-23H2,1-6H3/t35-/m0/s1. The third-order valence-corrected chi connectivity index (χ3v) is 9.48. The zero-order valence-corrected chi connectivity index (χ0v) is 29.6. The molecule has 258 valence electrons. The molecular weight excluding hydrogens is 616 g/mol. The highest BCUT2D eigenvalue weighted by Crippen LogP contribution is 2.42. The Morgan fingerprint density at radius 1 is 0.939 bits per heavy atom. The van der Waals surface area contributed by atoms with Crippen molar-refractivity contribution in [3.05, 3.63) is 94.3 Å². The molecule has 0 radical (unpaired) electrons. The second kappa shape index (κ2) is 14.4. The highest BCUT2D eigenvalue weighted by Gasteiger charge is 2.31. The largest absolute Gasteiger partial charge is 0.486 e. The summed E-state index contributed by atoms with van der Waals surface area (Å²) in [6.07, 6.45) is 6.42. The summed E-state index contributed by atoms with van der Waals surface area (Å²) in [5.41, 5.74) is 7.72. The van der Waals surface area contributed by atoms with Crippen LogP contribution in [-0.2, 0) is 28.7 Å². The van der Waals surface area contributed by atoms with Crippen molar-refractivity contribution in [3.63, 3.8) is 0 Å². The first-order valence-corrected chi connectivity index (χ1v) is 17.7. The second-order valence-corrected chi connectivity index (χ2v) is 13.9. The number of piperidine rings is 1. The van der Waals surface area contributed by atoms with Crippen molar-refractivity contribution in [1.29, 1.82) is 0 Å². The van der Waals surface area contributed by atoms with Crippen LogP contribution < -0.4 is 4.74 Å². The van der Waals surface area contributed by atoms with E-state index in [0.29, 0.717) is 43.4 Å². The zero-order valence-electron chi connectivity index (χ0n) is 29.6. The van der Waals surface area contributed by atoms with E-state index in [1.165, 1.54) is 22.3 Å². The van der Waals surface area contributed by atoms with Crippen LogP contribution in [0.1, 0.15) is 111 Å². The highest BCUT2D eigenvalue weighted by molar-refractivity contribution is 5.90. The number of ether oxygens (including phenoxy) is 3. The summed E-state index contributed by atoms with van der Waals surface area (Å²) in [5.74, 6) is 1.55. The molecular formula is C40H48N4O5. The monoisotopic (exact) mass is 664 g/mol. The smallest absolute Gasteiger partial charge is 0.410 e. The van der Waals surface area contributed by atoms with Crippen molar-refractivity contribution in [2.24, 2.45) is 0 Å². The Morgan fingerprint density at radius 2 is 1.71 bits per heavy atom. The minimum absolute atomic E-state index is 0.101. The Kier molecular flexibility index (Phi) is 10.1. The molecule has 3 heterocycles. The first kappa shape index (κ1) is 34.2. The first-order valence-electron chi connectivity index (χ1n) is 17.7. The van der Waals surface area contributed by atoms with E-state index in [9.17, 15) is 9.59 Å². The lowest BCUT2D eigenvalue weighted by molar-refractivity contribution is 0.0204. The van der Waals surface area contributed by atoms with Gasteiger partial charge in [-0.3, -0.25) is 0 Å². The predicted octanol–water partition coefficient (Wildman–Crippen LogP) is 8.42. The van der Waals surface area contributed by atoms with Crippen molar-refractivity contribution in [1.82, 2.24) is 19.7 Å². The van der Waals surface area contributed by atoms with Crippen LogP contribution in [0.4, 0.5) is 4.79 Å². The van der Waals surface area contributed by atoms with Crippen LogP contribution in [0.15, 0.2) is 60.8 Å². The minimum Gasteiger partial charge on any atom is -0.486 e. The van der Waals surface area contributed by atoms with Gasteiger partial charge in [-0.05, 0) is 113 Å². The number of pyridine rings is 1. The second-order valence-electron chi connectivity index (χ2n) is 13.9. The normalized spacial score (nSPS) is 16.4. The van der Waals surface area contributed by atoms with Gasteiger partial charge in [-0.15, -0.1) is 0 Å². The maximum absolute atomic E-state index is 12.6. The number of esters is 1. The summed E-state index contributed by atoms with van der Waals surface area (Å²) in [5, 5.41) is 4.53. The highest BCUT2D eigenvalue weighted by atomic mass is 16.6. The third kappa shape index (κ3) is 7.36. The van der Waals surface area contributed by atoms with Crippen molar-refractivity contribution >= 4 is 12.1 Å². The lowest BCUT2D eigenvalue weighted by Crippen LogP contribution is -2.41. The fourth-order valence-corrected chi connectivity index (χ4v) is 7.19. The number of aryl methyl sites for hydroxylation is 2. The quantitative estimate of drug-likeness (QED) is 0.166. The number of fused-ring (bicyclic) bond motifs is 1. The van der Waals surface area contributed by atoms with Gasteiger partial charge in [0.2, 0.25) is 0 Å². The summed E-state index contributed by atoms with van der Waals surface area (Å²) in [6, 6.07) is 18.9. The topological polar surface area (TPSA) is 95.8 Å². The van der Waals surface area contributed by atoms with E-state index in [2.05, 4.69) is 48.4 Å². The minimum atomic E-state index is -0.490. The molecule has 2 aliphatic rings. The zero-order chi connectivity index (χ0) is 34.7. The molecule has 9 heteroatoms. The van der Waals surface area contributed by atoms with E-state index in [1.54, 1.807) is 17.8 Å². The maximum atomic E-state index is 12.6. The molecule has 0 bridgehead atoms. The van der Waals surface area contributed by atoms with E-state index in [0.717, 1.165) is 54.8 Å². The van der Waals surface area contributed by atoms with Crippen LogP contribution in [0, 0.1) is 0 Å². The Morgan fingerprint density at radius 3 is 2.43 bits per heavy atom. The number of likely N-dealkylation sites (tertiary alicyclic amines) is 1. The van der Waals surface area contributed by atoms with Gasteiger partial charge in [0.25, 0.3) is 0 Å². The molecule has 1 fully saturated rings. The number of benzene rings is 2. The van der Waals surface area contributed by atoms with Gasteiger partial charge in [0.15, 0.2) is 5.82 Å². The van der Waals surface area contributed by atoms with Gasteiger partial charge in [-0.2, -0.15) is 5.10 Å². The van der Waals surface area contributed by atoms with Crippen LogP contribution in [0.3, 0.4) is 0 Å². The van der Waals surface area contributed by atoms with Crippen molar-refractivity contribution in [3.8, 4) is 22.8 Å². The number of aromatic nitrogens is 3. The number of hydrogen-bond donors (Lipinski definition) is 0. The Labute approximate surface area is 289 Å². The molecule has 1 aliphatic carbocycles. The molecule has 4 aromatic rings. The number of amides is 1. The van der Waals surface area contributed by atoms with Crippen molar-refractivity contribution < 1.29 is 23.8 Å². The van der Waals surface area contributed by atoms with Gasteiger partial charge in [0.1, 0.15) is 23.0 Å². The van der Waals surface area contributed by atoms with E-state index < -0.39 is 5.60 Å². The lowest BCUT2D eigenvalue weighted by atomic mass is 9.86. The van der Waals surface area contributed by atoms with E-state index in [1.807, 2.05) is 50.8 Å². The van der Waals surface area contributed by atoms with E-state index in [4.69, 9.17) is 19.2 Å². The average molecular weight is 665 g/mol. The SMILES string of the molecule is CCOC(=O)c1cnn(-c2cccc(-c3cccc4c3[C@@H](Oc3ccc(C5CCN(C(=O)OC(C)(C)C)CC5)c(CC)c3)CC4)n2)c1CC. The van der Waals surface area contributed by atoms with Gasteiger partial charge >= 0.3 is 12.1 Å². The molecule has 2 aromatic heterocycles. The van der Waals surface area contributed by atoms with Crippen LogP contribution in [0.2, 0.25) is 0 Å². The summed E-state index contributed by atoms with van der Waals surface area (Å²) < 4.78 is 19.4. The molecule has 0 unspecified atom stereocenters. The predicted molar refractivity (Wildman–Crippen MR) is 189 cm³/mol. The molecule has 0 saturated carbocycles. The van der Waals surface area contributed by atoms with Gasteiger partial charge in [0.05, 0.1) is 24.2 Å². The Hall–Kier alpha value is -4.66. The summed E-state index contributed by atoms with van der Waals surface area (Å²) in [7, 11) is 0. The van der Waals surface area contributed by atoms with Gasteiger partial charge < -0.3 is 19.1 Å². The summed E-state index contributed by atoms with van der Waals surface area (Å²) >= 11 is 0. The molecule has 1 atom stereocenters. The fourth-order valence-electron chi connectivity index (χ4n) is 7.19. The molecule has 0 spiro atoms. The fraction of sp³-hybridized carbons (Fsp3) is 0.450. The number of carbonyl (C=O) groups is 2. The van der Waals surface area contributed by atoms with Crippen molar-refractivity contribution in [2.75, 3.05) is 19.7 Å². The summed E-state index contributed by atoms with van der Waals surface area (Å²) in [4.78, 5) is 32.0. The molecule has 1 aliphatic heterocycles. The summed E-state index contributed by atoms with van der Waals surface area (Å²) in [6.45, 7) is 13.4. The van der Waals surface area contributed by atoms with Crippen LogP contribution in [0.25, 0.3) is 17.1 Å². The molecule has 6 rings (SSSR count). The third-order valence-electron chi connectivity index (χ3n) is 9.48. The lowest BCUT2D eigenvalue weighted by Gasteiger charge is -2.34. The van der Waals surface area contributed by atoms with E-state index >= 15 is 0 Å². The first-order chi connectivity index (χ1) is 23.6. The molecule has 1 amide bonds. The van der Waals surface area contributed by atoms with Crippen LogP contribution >= 0.6 is 0 Å². The molecule has 0 N–H and O–H groups in total. The molecule has 9 nitrogen and oxygen atoms in total. The number of hydrogen-bond acceptors (Lipinski definition) is 7. The molecule has 49 heavy (non-hydrogen) atoms. The number of carbonyl (C=O) groups excluding carboxylic acids is 2. The van der Waals surface area contributed by atoms with Gasteiger partial charge in [-0.25, -0.2) is 19.3 Å².